The lowest BCUT2D eigenvalue weighted by Crippen LogP contribution is -2.29. The first kappa shape index (κ1) is 11.4. The second-order valence-electron chi connectivity index (χ2n) is 4.00. The van der Waals surface area contributed by atoms with E-state index in [1.165, 1.54) is 4.68 Å². The number of halogens is 3. The van der Waals surface area contributed by atoms with Crippen LogP contribution in [-0.4, -0.2) is 27.5 Å². The van der Waals surface area contributed by atoms with Crippen LogP contribution in [0.2, 0.25) is 0 Å². The Labute approximate surface area is 90.9 Å². The summed E-state index contributed by atoms with van der Waals surface area (Å²) in [5.41, 5.74) is 0. The molecule has 0 radical (unpaired) electrons. The van der Waals surface area contributed by atoms with Gasteiger partial charge in [0.2, 0.25) is 0 Å². The fraction of sp³-hybridized carbons (Fsp3) is 0.778. The lowest BCUT2D eigenvalue weighted by Gasteiger charge is -2.06. The van der Waals surface area contributed by atoms with Crippen molar-refractivity contribution in [3.8, 4) is 0 Å². The van der Waals surface area contributed by atoms with E-state index < -0.39 is 12.7 Å². The van der Waals surface area contributed by atoms with Crippen molar-refractivity contribution in [1.82, 2.24) is 20.1 Å². The third kappa shape index (κ3) is 2.94. The van der Waals surface area contributed by atoms with Crippen LogP contribution in [0.25, 0.3) is 0 Å². The molecular formula is C9H13F3N4. The average Bonchev–Trinajstić information content (AvgIpc) is 2.91. The summed E-state index contributed by atoms with van der Waals surface area (Å²) in [5.74, 6) is 1.72. The van der Waals surface area contributed by atoms with Crippen molar-refractivity contribution in [1.29, 1.82) is 0 Å². The zero-order chi connectivity index (χ0) is 11.8. The van der Waals surface area contributed by atoms with Gasteiger partial charge in [-0.2, -0.15) is 18.3 Å². The molecule has 2 rings (SSSR count). The summed E-state index contributed by atoms with van der Waals surface area (Å²) < 4.78 is 37.2. The van der Waals surface area contributed by atoms with Gasteiger partial charge in [0.15, 0.2) is 5.82 Å². The lowest BCUT2D eigenvalue weighted by molar-refractivity contribution is -0.125. The van der Waals surface area contributed by atoms with E-state index in [2.05, 4.69) is 15.4 Å². The molecule has 0 atom stereocenters. The Kier molecular flexibility index (Phi) is 2.88. The maximum Gasteiger partial charge on any atom is 0.401 e. The first-order chi connectivity index (χ1) is 7.46. The van der Waals surface area contributed by atoms with Gasteiger partial charge in [0, 0.05) is 13.0 Å². The van der Waals surface area contributed by atoms with Crippen LogP contribution in [-0.2, 0) is 13.6 Å². The standard InChI is InChI=1S/C9H13F3N4/c1-16-7(4-13-5-9(10,11)12)14-8(15-16)6-2-3-6/h6,13H,2-5H2,1H3. The highest BCUT2D eigenvalue weighted by Gasteiger charge is 2.29. The molecule has 1 heterocycles. The van der Waals surface area contributed by atoms with Gasteiger partial charge in [-0.1, -0.05) is 0 Å². The molecule has 1 aromatic heterocycles. The zero-order valence-electron chi connectivity index (χ0n) is 8.88. The van der Waals surface area contributed by atoms with E-state index in [-0.39, 0.29) is 6.54 Å². The maximum atomic E-state index is 11.9. The van der Waals surface area contributed by atoms with E-state index in [0.717, 1.165) is 18.7 Å². The molecule has 1 N–H and O–H groups in total. The number of aromatic nitrogens is 3. The van der Waals surface area contributed by atoms with Gasteiger partial charge < -0.3 is 5.32 Å². The minimum Gasteiger partial charge on any atom is -0.302 e. The smallest absolute Gasteiger partial charge is 0.302 e. The molecule has 90 valence electrons. The van der Waals surface area contributed by atoms with Crippen LogP contribution < -0.4 is 5.32 Å². The Morgan fingerprint density at radius 2 is 2.12 bits per heavy atom. The van der Waals surface area contributed by atoms with Crippen LogP contribution in [0.15, 0.2) is 0 Å². The number of alkyl halides is 3. The lowest BCUT2D eigenvalue weighted by atomic mass is 10.4. The molecule has 1 aliphatic carbocycles. The molecule has 16 heavy (non-hydrogen) atoms. The maximum absolute atomic E-state index is 11.9. The second-order valence-corrected chi connectivity index (χ2v) is 4.00. The van der Waals surface area contributed by atoms with Crippen molar-refractivity contribution in [3.05, 3.63) is 11.6 Å². The predicted molar refractivity (Wildman–Crippen MR) is 50.7 cm³/mol. The van der Waals surface area contributed by atoms with E-state index in [4.69, 9.17) is 0 Å². The summed E-state index contributed by atoms with van der Waals surface area (Å²) in [7, 11) is 1.70. The van der Waals surface area contributed by atoms with E-state index in [1.807, 2.05) is 0 Å². The molecule has 0 aliphatic heterocycles. The number of nitrogens with one attached hydrogen (secondary N) is 1. The number of hydrogen-bond acceptors (Lipinski definition) is 3. The molecule has 0 amide bonds. The fourth-order valence-electron chi connectivity index (χ4n) is 1.42. The monoisotopic (exact) mass is 234 g/mol. The van der Waals surface area contributed by atoms with E-state index >= 15 is 0 Å². The second kappa shape index (κ2) is 4.04. The van der Waals surface area contributed by atoms with E-state index in [1.54, 1.807) is 7.05 Å². The first-order valence-corrected chi connectivity index (χ1v) is 5.13. The van der Waals surface area contributed by atoms with Gasteiger partial charge in [0.05, 0.1) is 13.1 Å². The van der Waals surface area contributed by atoms with Crippen molar-refractivity contribution in [2.75, 3.05) is 6.54 Å². The highest BCUT2D eigenvalue weighted by Crippen LogP contribution is 2.37. The topological polar surface area (TPSA) is 42.7 Å². The molecule has 4 nitrogen and oxygen atoms in total. The molecule has 1 aliphatic rings. The third-order valence-electron chi connectivity index (χ3n) is 2.42. The fourth-order valence-corrected chi connectivity index (χ4v) is 1.42. The van der Waals surface area contributed by atoms with Gasteiger partial charge in [0.25, 0.3) is 0 Å². The molecule has 0 unspecified atom stereocenters. The molecule has 1 saturated carbocycles. The Hall–Kier alpha value is -1.11. The van der Waals surface area contributed by atoms with Crippen LogP contribution in [0.1, 0.15) is 30.4 Å². The number of aryl methyl sites for hydroxylation is 1. The number of nitrogens with zero attached hydrogens (tertiary/aromatic N) is 3. The molecular weight excluding hydrogens is 221 g/mol. The summed E-state index contributed by atoms with van der Waals surface area (Å²) in [6, 6.07) is 0. The molecule has 7 heteroatoms. The molecule has 0 saturated heterocycles. The van der Waals surface area contributed by atoms with Gasteiger partial charge in [-0.25, -0.2) is 4.98 Å². The Morgan fingerprint density at radius 3 is 2.69 bits per heavy atom. The summed E-state index contributed by atoms with van der Waals surface area (Å²) in [4.78, 5) is 4.21. The van der Waals surface area contributed by atoms with Crippen molar-refractivity contribution >= 4 is 0 Å². The molecule has 1 fully saturated rings. The number of hydrogen-bond donors (Lipinski definition) is 1. The highest BCUT2D eigenvalue weighted by molar-refractivity contribution is 5.05. The Morgan fingerprint density at radius 1 is 1.44 bits per heavy atom. The Bertz CT molecular complexity index is 367. The minimum absolute atomic E-state index is 0.0930. The molecule has 0 aromatic carbocycles. The van der Waals surface area contributed by atoms with Crippen molar-refractivity contribution < 1.29 is 13.2 Å². The number of rotatable bonds is 4. The zero-order valence-corrected chi connectivity index (χ0v) is 8.88. The molecule has 0 bridgehead atoms. The van der Waals surface area contributed by atoms with E-state index in [9.17, 15) is 13.2 Å². The van der Waals surface area contributed by atoms with Crippen LogP contribution in [0, 0.1) is 0 Å². The quantitative estimate of drug-likeness (QED) is 0.855. The molecule has 1 aromatic rings. The Balaban J connectivity index is 1.88. The van der Waals surface area contributed by atoms with Gasteiger partial charge in [-0.15, -0.1) is 0 Å². The van der Waals surface area contributed by atoms with Gasteiger partial charge in [-0.3, -0.25) is 4.68 Å². The summed E-state index contributed by atoms with van der Waals surface area (Å²) in [6.45, 7) is -0.908. The van der Waals surface area contributed by atoms with E-state index in [0.29, 0.717) is 11.7 Å². The van der Waals surface area contributed by atoms with Crippen LogP contribution >= 0.6 is 0 Å². The largest absolute Gasteiger partial charge is 0.401 e. The van der Waals surface area contributed by atoms with Crippen LogP contribution in [0.3, 0.4) is 0 Å². The van der Waals surface area contributed by atoms with Crippen LogP contribution in [0.5, 0.6) is 0 Å². The van der Waals surface area contributed by atoms with Crippen molar-refractivity contribution in [2.24, 2.45) is 7.05 Å². The highest BCUT2D eigenvalue weighted by atomic mass is 19.4. The third-order valence-corrected chi connectivity index (χ3v) is 2.42. The van der Waals surface area contributed by atoms with Crippen molar-refractivity contribution in [2.45, 2.75) is 31.5 Å². The normalized spacial score (nSPS) is 16.8. The predicted octanol–water partition coefficient (Wildman–Crippen LogP) is 1.34. The van der Waals surface area contributed by atoms with Crippen LogP contribution in [0.4, 0.5) is 13.2 Å². The minimum atomic E-state index is -4.18. The summed E-state index contributed by atoms with van der Waals surface area (Å²) in [6.07, 6.45) is -2.02. The van der Waals surface area contributed by atoms with Gasteiger partial charge in [-0.05, 0) is 12.8 Å². The van der Waals surface area contributed by atoms with Gasteiger partial charge in [0.1, 0.15) is 5.82 Å². The van der Waals surface area contributed by atoms with Gasteiger partial charge >= 0.3 is 6.18 Å². The summed E-state index contributed by atoms with van der Waals surface area (Å²) in [5, 5.41) is 6.48. The SMILES string of the molecule is Cn1nc(C2CC2)nc1CNCC(F)(F)F. The summed E-state index contributed by atoms with van der Waals surface area (Å²) >= 11 is 0. The van der Waals surface area contributed by atoms with Crippen molar-refractivity contribution in [3.63, 3.8) is 0 Å². The first-order valence-electron chi connectivity index (χ1n) is 5.13. The average molecular weight is 234 g/mol. The molecule has 0 spiro atoms.